The number of rotatable bonds is 1. The number of phenols is 2. The largest absolute Gasteiger partial charge is 0.504 e. The molecule has 5 N–H and O–H groups in total. The van der Waals surface area contributed by atoms with E-state index in [2.05, 4.69) is 0 Å². The molecule has 0 aromatic heterocycles. The minimum absolute atomic E-state index is 0. The number of benzene rings is 2. The van der Waals surface area contributed by atoms with E-state index < -0.39 is 17.5 Å². The van der Waals surface area contributed by atoms with E-state index in [1.54, 1.807) is 24.3 Å². The Bertz CT molecular complexity index is 547. The number of carbonyl (C=O) groups is 1. The van der Waals surface area contributed by atoms with Gasteiger partial charge in [-0.25, -0.2) is 4.79 Å². The van der Waals surface area contributed by atoms with Gasteiger partial charge >= 0.3 is 5.97 Å². The van der Waals surface area contributed by atoms with Gasteiger partial charge in [0.05, 0.1) is 0 Å². The summed E-state index contributed by atoms with van der Waals surface area (Å²) in [5.41, 5.74) is -0.273. The van der Waals surface area contributed by atoms with E-state index in [4.69, 9.17) is 5.11 Å². The van der Waals surface area contributed by atoms with Gasteiger partial charge in [-0.05, 0) is 11.5 Å². The van der Waals surface area contributed by atoms with Gasteiger partial charge in [0, 0.05) is 5.39 Å². The minimum Gasteiger partial charge on any atom is -0.504 e. The summed E-state index contributed by atoms with van der Waals surface area (Å²) in [5, 5.41) is 28.7. The summed E-state index contributed by atoms with van der Waals surface area (Å²) in [7, 11) is 0. The summed E-state index contributed by atoms with van der Waals surface area (Å²) in [6.07, 6.45) is 0. The zero-order valence-electron chi connectivity index (χ0n) is 8.14. The molecule has 0 fully saturated rings. The van der Waals surface area contributed by atoms with Crippen molar-refractivity contribution < 1.29 is 25.6 Å². The van der Waals surface area contributed by atoms with E-state index >= 15 is 0 Å². The van der Waals surface area contributed by atoms with E-state index in [1.807, 2.05) is 0 Å². The molecule has 0 heterocycles. The smallest absolute Gasteiger partial charge is 0.340 e. The lowest BCUT2D eigenvalue weighted by atomic mass is 10.0. The Hall–Kier alpha value is -2.27. The molecule has 5 nitrogen and oxygen atoms in total. The van der Waals surface area contributed by atoms with E-state index in [9.17, 15) is 15.0 Å². The number of carboxylic acid groups (broad SMARTS) is 1. The fourth-order valence-corrected chi connectivity index (χ4v) is 1.54. The third-order valence-corrected chi connectivity index (χ3v) is 2.22. The van der Waals surface area contributed by atoms with Crippen LogP contribution in [0.2, 0.25) is 0 Å². The highest BCUT2D eigenvalue weighted by Gasteiger charge is 2.17. The van der Waals surface area contributed by atoms with Gasteiger partial charge in [0.2, 0.25) is 0 Å². The zero-order chi connectivity index (χ0) is 11.0. The number of carboxylic acids is 1. The first-order valence-electron chi connectivity index (χ1n) is 4.28. The molecule has 16 heavy (non-hydrogen) atoms. The summed E-state index contributed by atoms with van der Waals surface area (Å²) >= 11 is 0. The van der Waals surface area contributed by atoms with Crippen LogP contribution in [0.5, 0.6) is 11.5 Å². The molecule has 0 amide bonds. The number of aromatic carboxylic acids is 1. The third-order valence-electron chi connectivity index (χ3n) is 2.22. The predicted molar refractivity (Wildman–Crippen MR) is 57.9 cm³/mol. The van der Waals surface area contributed by atoms with Gasteiger partial charge < -0.3 is 20.8 Å². The molecule has 0 radical (unpaired) electrons. The minimum atomic E-state index is -1.26. The molecule has 0 aliphatic heterocycles. The van der Waals surface area contributed by atoms with Gasteiger partial charge in [0.1, 0.15) is 5.56 Å². The summed E-state index contributed by atoms with van der Waals surface area (Å²) in [5.74, 6) is -2.29. The molecule has 0 spiro atoms. The molecule has 0 aliphatic carbocycles. The van der Waals surface area contributed by atoms with E-state index in [-0.39, 0.29) is 11.0 Å². The molecule has 0 atom stereocenters. The SMILES string of the molecule is O.O=C(O)c1c(O)c(O)cc2ccccc12. The lowest BCUT2D eigenvalue weighted by molar-refractivity contribution is 0.0695. The van der Waals surface area contributed by atoms with Crippen molar-refractivity contribution in [1.82, 2.24) is 0 Å². The average molecular weight is 222 g/mol. The van der Waals surface area contributed by atoms with Gasteiger partial charge in [0.25, 0.3) is 0 Å². The molecule has 84 valence electrons. The van der Waals surface area contributed by atoms with Gasteiger partial charge in [-0.1, -0.05) is 24.3 Å². The van der Waals surface area contributed by atoms with E-state index in [0.717, 1.165) is 0 Å². The van der Waals surface area contributed by atoms with Crippen molar-refractivity contribution in [2.45, 2.75) is 0 Å². The standard InChI is InChI=1S/C11H8O4.H2O/c12-8-5-6-3-1-2-4-7(6)9(10(8)13)11(14)15;/h1-5,12-13H,(H,14,15);1H2. The Labute approximate surface area is 90.5 Å². The highest BCUT2D eigenvalue weighted by atomic mass is 16.4. The molecule has 2 aromatic rings. The highest BCUT2D eigenvalue weighted by molar-refractivity contribution is 6.07. The highest BCUT2D eigenvalue weighted by Crippen LogP contribution is 2.35. The fraction of sp³-hybridized carbons (Fsp3) is 0. The molecular weight excluding hydrogens is 212 g/mol. The van der Waals surface area contributed by atoms with E-state index in [0.29, 0.717) is 10.8 Å². The van der Waals surface area contributed by atoms with Crippen LogP contribution in [0.3, 0.4) is 0 Å². The Morgan fingerprint density at radius 1 is 1.12 bits per heavy atom. The summed E-state index contributed by atoms with van der Waals surface area (Å²) in [6, 6.07) is 7.98. The zero-order valence-corrected chi connectivity index (χ0v) is 8.14. The van der Waals surface area contributed by atoms with Crippen LogP contribution in [-0.4, -0.2) is 26.8 Å². The van der Waals surface area contributed by atoms with Crippen molar-refractivity contribution in [1.29, 1.82) is 0 Å². The molecule has 0 bridgehead atoms. The average Bonchev–Trinajstić information content (AvgIpc) is 2.19. The van der Waals surface area contributed by atoms with Crippen LogP contribution in [0.4, 0.5) is 0 Å². The number of hydrogen-bond donors (Lipinski definition) is 3. The lowest BCUT2D eigenvalue weighted by Crippen LogP contribution is -1.98. The molecule has 2 rings (SSSR count). The molecule has 0 saturated carbocycles. The summed E-state index contributed by atoms with van der Waals surface area (Å²) in [6.45, 7) is 0. The second kappa shape index (κ2) is 4.08. The quantitative estimate of drug-likeness (QED) is 0.628. The Kier molecular flexibility index (Phi) is 3.01. The Morgan fingerprint density at radius 3 is 2.38 bits per heavy atom. The normalized spacial score (nSPS) is 9.75. The molecule has 2 aromatic carbocycles. The first kappa shape index (κ1) is 11.8. The summed E-state index contributed by atoms with van der Waals surface area (Å²) < 4.78 is 0. The third kappa shape index (κ3) is 1.64. The predicted octanol–water partition coefficient (Wildman–Crippen LogP) is 1.12. The maximum Gasteiger partial charge on any atom is 0.340 e. The molecule has 0 saturated heterocycles. The lowest BCUT2D eigenvalue weighted by Gasteiger charge is -2.06. The Morgan fingerprint density at radius 2 is 1.75 bits per heavy atom. The number of fused-ring (bicyclic) bond motifs is 1. The number of aromatic hydroxyl groups is 2. The Balaban J connectivity index is 0.00000128. The van der Waals surface area contributed by atoms with Crippen LogP contribution in [0.25, 0.3) is 10.8 Å². The first-order valence-corrected chi connectivity index (χ1v) is 4.28. The van der Waals surface area contributed by atoms with Crippen LogP contribution >= 0.6 is 0 Å². The second-order valence-corrected chi connectivity index (χ2v) is 3.15. The topological polar surface area (TPSA) is 109 Å². The number of hydrogen-bond acceptors (Lipinski definition) is 3. The fourth-order valence-electron chi connectivity index (χ4n) is 1.54. The van der Waals surface area contributed by atoms with Gasteiger partial charge in [-0.3, -0.25) is 0 Å². The van der Waals surface area contributed by atoms with Crippen molar-refractivity contribution in [2.24, 2.45) is 0 Å². The van der Waals surface area contributed by atoms with Crippen LogP contribution in [0.15, 0.2) is 30.3 Å². The van der Waals surface area contributed by atoms with E-state index in [1.165, 1.54) is 6.07 Å². The maximum absolute atomic E-state index is 10.9. The summed E-state index contributed by atoms with van der Waals surface area (Å²) in [4.78, 5) is 10.9. The molecule has 5 heteroatoms. The van der Waals surface area contributed by atoms with Crippen molar-refractivity contribution in [3.8, 4) is 11.5 Å². The van der Waals surface area contributed by atoms with Crippen molar-refractivity contribution in [2.75, 3.05) is 0 Å². The van der Waals surface area contributed by atoms with Crippen molar-refractivity contribution >= 4 is 16.7 Å². The maximum atomic E-state index is 10.9. The van der Waals surface area contributed by atoms with Crippen LogP contribution in [-0.2, 0) is 0 Å². The van der Waals surface area contributed by atoms with Crippen molar-refractivity contribution in [3.63, 3.8) is 0 Å². The van der Waals surface area contributed by atoms with Crippen LogP contribution in [0.1, 0.15) is 10.4 Å². The van der Waals surface area contributed by atoms with Gasteiger partial charge in [-0.15, -0.1) is 0 Å². The first-order chi connectivity index (χ1) is 7.11. The second-order valence-electron chi connectivity index (χ2n) is 3.15. The van der Waals surface area contributed by atoms with Gasteiger partial charge in [0.15, 0.2) is 11.5 Å². The molecular formula is C11H10O5. The van der Waals surface area contributed by atoms with Crippen molar-refractivity contribution in [3.05, 3.63) is 35.9 Å². The molecule has 0 aliphatic rings. The monoisotopic (exact) mass is 222 g/mol. The van der Waals surface area contributed by atoms with Crippen LogP contribution in [0, 0.1) is 0 Å². The molecule has 0 unspecified atom stereocenters. The van der Waals surface area contributed by atoms with Gasteiger partial charge in [-0.2, -0.15) is 0 Å². The van der Waals surface area contributed by atoms with Crippen LogP contribution < -0.4 is 0 Å². The number of phenolic OH excluding ortho intramolecular Hbond substituents is 1.